The maximum atomic E-state index is 5.95. The number of rotatable bonds is 10. The van der Waals surface area contributed by atoms with Gasteiger partial charge in [0.05, 0.1) is 7.11 Å². The van der Waals surface area contributed by atoms with Gasteiger partial charge in [-0.15, -0.1) is 0 Å². The quantitative estimate of drug-likeness (QED) is 0.328. The summed E-state index contributed by atoms with van der Waals surface area (Å²) in [7, 11) is 3.46. The van der Waals surface area contributed by atoms with Crippen molar-refractivity contribution < 1.29 is 9.47 Å². The van der Waals surface area contributed by atoms with Crippen molar-refractivity contribution >= 4 is 5.90 Å². The van der Waals surface area contributed by atoms with Crippen LogP contribution in [0, 0.1) is 5.92 Å². The number of allylic oxidation sites excluding steroid dienone is 1. The Balaban J connectivity index is 2.51. The molecule has 3 nitrogen and oxygen atoms in total. The molecular weight excluding hydrogens is 286 g/mol. The van der Waals surface area contributed by atoms with Crippen molar-refractivity contribution in [2.45, 2.75) is 52.4 Å². The summed E-state index contributed by atoms with van der Waals surface area (Å²) >= 11 is 0. The van der Waals surface area contributed by atoms with E-state index in [0.717, 1.165) is 43.1 Å². The molecule has 0 bridgehead atoms. The lowest BCUT2D eigenvalue weighted by molar-refractivity contribution is 0.310. The average Bonchev–Trinajstić information content (AvgIpc) is 2.59. The number of aryl methyl sites for hydroxylation is 1. The zero-order chi connectivity index (χ0) is 17.1. The van der Waals surface area contributed by atoms with Crippen LogP contribution in [0.5, 0.6) is 5.75 Å². The highest BCUT2D eigenvalue weighted by atomic mass is 16.5. The van der Waals surface area contributed by atoms with E-state index in [4.69, 9.17) is 9.47 Å². The molecule has 1 atom stereocenters. The number of ether oxygens (including phenoxy) is 2. The second-order valence-corrected chi connectivity index (χ2v) is 5.78. The van der Waals surface area contributed by atoms with E-state index in [9.17, 15) is 0 Å². The molecule has 0 saturated carbocycles. The molecule has 1 aromatic carbocycles. The van der Waals surface area contributed by atoms with E-state index in [1.54, 1.807) is 14.2 Å². The molecule has 0 amide bonds. The lowest BCUT2D eigenvalue weighted by Crippen LogP contribution is -2.12. The Labute approximate surface area is 141 Å². The van der Waals surface area contributed by atoms with Crippen LogP contribution >= 0.6 is 0 Å². The first-order valence-electron chi connectivity index (χ1n) is 8.59. The average molecular weight is 317 g/mol. The number of hydrogen-bond donors (Lipinski definition) is 0. The van der Waals surface area contributed by atoms with Gasteiger partial charge in [0.15, 0.2) is 5.90 Å². The van der Waals surface area contributed by atoms with Gasteiger partial charge in [-0.25, -0.2) is 0 Å². The number of nitrogens with zero attached hydrogens (tertiary/aromatic N) is 1. The van der Waals surface area contributed by atoms with Gasteiger partial charge in [-0.3, -0.25) is 4.99 Å². The molecule has 0 fully saturated rings. The zero-order valence-electron chi connectivity index (χ0n) is 15.1. The molecule has 0 heterocycles. The van der Waals surface area contributed by atoms with Crippen LogP contribution < -0.4 is 4.74 Å². The monoisotopic (exact) mass is 317 g/mol. The van der Waals surface area contributed by atoms with Gasteiger partial charge < -0.3 is 9.47 Å². The van der Waals surface area contributed by atoms with Crippen LogP contribution in [-0.2, 0) is 11.2 Å². The molecular formula is C20H31NO2. The first-order valence-corrected chi connectivity index (χ1v) is 8.59. The van der Waals surface area contributed by atoms with E-state index in [-0.39, 0.29) is 0 Å². The van der Waals surface area contributed by atoms with Gasteiger partial charge in [0.25, 0.3) is 0 Å². The SMILES string of the molecule is C=C(OC(CCc1ccc(OC)cc1)=NC)C(CC)CCCC. The Morgan fingerprint density at radius 2 is 1.91 bits per heavy atom. The third-order valence-corrected chi connectivity index (χ3v) is 4.14. The predicted octanol–water partition coefficient (Wildman–Crippen LogP) is 5.40. The molecule has 0 aliphatic rings. The summed E-state index contributed by atoms with van der Waals surface area (Å²) in [6, 6.07) is 8.12. The molecule has 0 aliphatic carbocycles. The van der Waals surface area contributed by atoms with E-state index in [1.807, 2.05) is 12.1 Å². The van der Waals surface area contributed by atoms with Crippen molar-refractivity contribution in [2.75, 3.05) is 14.2 Å². The molecule has 0 radical (unpaired) electrons. The molecule has 0 aliphatic heterocycles. The van der Waals surface area contributed by atoms with Crippen LogP contribution in [-0.4, -0.2) is 20.1 Å². The molecule has 0 saturated heterocycles. The molecule has 3 heteroatoms. The number of methoxy groups -OCH3 is 1. The van der Waals surface area contributed by atoms with Crippen molar-refractivity contribution in [1.82, 2.24) is 0 Å². The molecule has 1 unspecified atom stereocenters. The van der Waals surface area contributed by atoms with Gasteiger partial charge in [0.2, 0.25) is 0 Å². The van der Waals surface area contributed by atoms with Crippen LogP contribution in [0.15, 0.2) is 41.6 Å². The summed E-state index contributed by atoms with van der Waals surface area (Å²) in [6.07, 6.45) is 6.30. The van der Waals surface area contributed by atoms with E-state index in [1.165, 1.54) is 18.4 Å². The largest absolute Gasteiger partial charge is 0.497 e. The standard InChI is InChI=1S/C20H31NO2/c1-6-8-9-18(7-2)16(3)23-20(21-4)15-12-17-10-13-19(22-5)14-11-17/h10-11,13-14,18H,3,6-9,12,15H2,1-2,4-5H3. The molecule has 23 heavy (non-hydrogen) atoms. The van der Waals surface area contributed by atoms with Crippen molar-refractivity contribution in [2.24, 2.45) is 10.9 Å². The molecule has 0 N–H and O–H groups in total. The lowest BCUT2D eigenvalue weighted by atomic mass is 9.98. The summed E-state index contributed by atoms with van der Waals surface area (Å²) in [5.41, 5.74) is 1.25. The second kappa shape index (κ2) is 10.9. The Morgan fingerprint density at radius 3 is 2.43 bits per heavy atom. The Hall–Kier alpha value is -1.77. The number of aliphatic imine (C=N–C) groups is 1. The minimum Gasteiger partial charge on any atom is -0.497 e. The smallest absolute Gasteiger partial charge is 0.189 e. The maximum absolute atomic E-state index is 5.95. The minimum atomic E-state index is 0.424. The fourth-order valence-corrected chi connectivity index (χ4v) is 2.53. The fraction of sp³-hybridized carbons (Fsp3) is 0.550. The topological polar surface area (TPSA) is 30.8 Å². The molecule has 1 aromatic rings. The van der Waals surface area contributed by atoms with Crippen LogP contribution in [0.4, 0.5) is 0 Å². The number of hydrogen-bond acceptors (Lipinski definition) is 3. The van der Waals surface area contributed by atoms with Crippen molar-refractivity contribution in [3.05, 3.63) is 42.2 Å². The summed E-state index contributed by atoms with van der Waals surface area (Å²) in [5, 5.41) is 0. The first kappa shape index (κ1) is 19.3. The van der Waals surface area contributed by atoms with Gasteiger partial charge in [-0.05, 0) is 37.0 Å². The first-order chi connectivity index (χ1) is 11.1. The summed E-state index contributed by atoms with van der Waals surface area (Å²) in [5.74, 6) is 2.93. The third-order valence-electron chi connectivity index (χ3n) is 4.14. The number of benzene rings is 1. The van der Waals surface area contributed by atoms with E-state index >= 15 is 0 Å². The predicted molar refractivity (Wildman–Crippen MR) is 98.2 cm³/mol. The Kier molecular flexibility index (Phi) is 9.11. The summed E-state index contributed by atoms with van der Waals surface area (Å²) in [6.45, 7) is 8.53. The van der Waals surface area contributed by atoms with E-state index in [0.29, 0.717) is 5.92 Å². The highest BCUT2D eigenvalue weighted by molar-refractivity contribution is 5.77. The van der Waals surface area contributed by atoms with Gasteiger partial charge >= 0.3 is 0 Å². The lowest BCUT2D eigenvalue weighted by Gasteiger charge is -2.19. The summed E-state index contributed by atoms with van der Waals surface area (Å²) < 4.78 is 11.1. The van der Waals surface area contributed by atoms with Crippen molar-refractivity contribution in [1.29, 1.82) is 0 Å². The highest BCUT2D eigenvalue weighted by Crippen LogP contribution is 2.22. The molecule has 1 rings (SSSR count). The maximum Gasteiger partial charge on any atom is 0.189 e. The molecule has 0 spiro atoms. The van der Waals surface area contributed by atoms with Crippen LogP contribution in [0.1, 0.15) is 51.5 Å². The Bertz CT molecular complexity index is 491. The number of unbranched alkanes of at least 4 members (excludes halogenated alkanes) is 1. The molecule has 128 valence electrons. The van der Waals surface area contributed by atoms with Gasteiger partial charge in [-0.1, -0.05) is 45.4 Å². The fourth-order valence-electron chi connectivity index (χ4n) is 2.53. The van der Waals surface area contributed by atoms with E-state index in [2.05, 4.69) is 37.6 Å². The van der Waals surface area contributed by atoms with Crippen molar-refractivity contribution in [3.8, 4) is 5.75 Å². The normalized spacial score (nSPS) is 12.8. The van der Waals surface area contributed by atoms with Gasteiger partial charge in [0.1, 0.15) is 11.5 Å². The molecule has 0 aromatic heterocycles. The highest BCUT2D eigenvalue weighted by Gasteiger charge is 2.14. The van der Waals surface area contributed by atoms with E-state index < -0.39 is 0 Å². The summed E-state index contributed by atoms with van der Waals surface area (Å²) in [4.78, 5) is 4.28. The third kappa shape index (κ3) is 6.89. The van der Waals surface area contributed by atoms with Crippen LogP contribution in [0.3, 0.4) is 0 Å². The van der Waals surface area contributed by atoms with Crippen LogP contribution in [0.25, 0.3) is 0 Å². The van der Waals surface area contributed by atoms with Gasteiger partial charge in [-0.2, -0.15) is 0 Å². The Morgan fingerprint density at radius 1 is 1.22 bits per heavy atom. The zero-order valence-corrected chi connectivity index (χ0v) is 15.1. The van der Waals surface area contributed by atoms with Gasteiger partial charge in [0, 0.05) is 19.4 Å². The second-order valence-electron chi connectivity index (χ2n) is 5.78. The van der Waals surface area contributed by atoms with Crippen molar-refractivity contribution in [3.63, 3.8) is 0 Å². The minimum absolute atomic E-state index is 0.424. The van der Waals surface area contributed by atoms with Crippen LogP contribution in [0.2, 0.25) is 0 Å².